The van der Waals surface area contributed by atoms with Crippen LogP contribution < -0.4 is 11.1 Å². The second kappa shape index (κ2) is 7.42. The minimum atomic E-state index is -0.932. The monoisotopic (exact) mass is 360 g/mol. The van der Waals surface area contributed by atoms with Gasteiger partial charge in [0, 0.05) is 17.8 Å². The lowest BCUT2D eigenvalue weighted by atomic mass is 9.85. The van der Waals surface area contributed by atoms with Crippen LogP contribution in [0.4, 0.5) is 16.0 Å². The Hall–Kier alpha value is -3.10. The summed E-state index contributed by atoms with van der Waals surface area (Å²) in [7, 11) is 0. The number of carboxylic acids is 1. The lowest BCUT2D eigenvalue weighted by Gasteiger charge is -2.30. The van der Waals surface area contributed by atoms with Crippen molar-refractivity contribution in [1.82, 2.24) is 15.0 Å². The van der Waals surface area contributed by atoms with E-state index in [1.54, 1.807) is 6.07 Å². The van der Waals surface area contributed by atoms with E-state index in [0.29, 0.717) is 5.82 Å². The molecule has 0 radical (unpaired) electrons. The predicted molar refractivity (Wildman–Crippen MR) is 95.7 cm³/mol. The summed E-state index contributed by atoms with van der Waals surface area (Å²) in [6.07, 6.45) is 2.30. The van der Waals surface area contributed by atoms with Crippen molar-refractivity contribution < 1.29 is 14.3 Å². The summed E-state index contributed by atoms with van der Waals surface area (Å²) in [4.78, 5) is 23.1. The molecule has 9 heteroatoms. The van der Waals surface area contributed by atoms with Crippen LogP contribution in [0.15, 0.2) is 24.5 Å². The summed E-state index contributed by atoms with van der Waals surface area (Å²) in [6.45, 7) is 5.74. The predicted octanol–water partition coefficient (Wildman–Crippen LogP) is 2.31. The highest BCUT2D eigenvalue weighted by atomic mass is 19.1. The maximum absolute atomic E-state index is 13.4. The van der Waals surface area contributed by atoms with Crippen LogP contribution in [0.5, 0.6) is 0 Å². The van der Waals surface area contributed by atoms with Crippen molar-refractivity contribution in [2.75, 3.05) is 11.1 Å². The van der Waals surface area contributed by atoms with Gasteiger partial charge in [0.05, 0.1) is 12.6 Å². The number of nitrogens with two attached hydrogens (primary N) is 1. The lowest BCUT2D eigenvalue weighted by Crippen LogP contribution is -2.36. The summed E-state index contributed by atoms with van der Waals surface area (Å²) < 4.78 is 13.4. The van der Waals surface area contributed by atoms with Crippen molar-refractivity contribution in [1.29, 1.82) is 5.41 Å². The van der Waals surface area contributed by atoms with Crippen LogP contribution in [0.25, 0.3) is 0 Å². The van der Waals surface area contributed by atoms with Crippen LogP contribution >= 0.6 is 0 Å². The first kappa shape index (κ1) is 19.2. The van der Waals surface area contributed by atoms with Crippen LogP contribution in [0.2, 0.25) is 0 Å². The quantitative estimate of drug-likeness (QED) is 0.580. The Balaban J connectivity index is 2.30. The van der Waals surface area contributed by atoms with Crippen molar-refractivity contribution in [3.63, 3.8) is 0 Å². The summed E-state index contributed by atoms with van der Waals surface area (Å²) in [5, 5.41) is 20.4. The van der Waals surface area contributed by atoms with Crippen molar-refractivity contribution >= 4 is 23.3 Å². The fraction of sp³-hybridized carbons (Fsp3) is 0.353. The number of halogens is 1. The number of aromatic nitrogens is 3. The van der Waals surface area contributed by atoms with Gasteiger partial charge in [-0.25, -0.2) is 19.3 Å². The SMILES string of the molecule is CC(C)(C)[C@@H](CC(=O)O)Nc1ccnc(C(=N)c2cc(F)cnc2N)n1. The van der Waals surface area contributed by atoms with E-state index in [2.05, 4.69) is 20.3 Å². The fourth-order valence-corrected chi connectivity index (χ4v) is 2.26. The molecule has 0 saturated heterocycles. The number of hydrogen-bond donors (Lipinski definition) is 4. The molecule has 8 nitrogen and oxygen atoms in total. The Kier molecular flexibility index (Phi) is 5.49. The maximum Gasteiger partial charge on any atom is 0.305 e. The minimum Gasteiger partial charge on any atom is -0.481 e. The molecule has 2 aromatic heterocycles. The molecule has 138 valence electrons. The van der Waals surface area contributed by atoms with Crippen molar-refractivity contribution in [3.05, 3.63) is 41.7 Å². The molecule has 0 saturated carbocycles. The molecule has 1 atom stereocenters. The summed E-state index contributed by atoms with van der Waals surface area (Å²) >= 11 is 0. The highest BCUT2D eigenvalue weighted by Gasteiger charge is 2.27. The zero-order valence-electron chi connectivity index (χ0n) is 14.7. The van der Waals surface area contributed by atoms with Gasteiger partial charge in [0.15, 0.2) is 5.82 Å². The first-order valence-electron chi connectivity index (χ1n) is 7.89. The lowest BCUT2D eigenvalue weighted by molar-refractivity contribution is -0.137. The Bertz CT molecular complexity index is 834. The largest absolute Gasteiger partial charge is 0.481 e. The number of nitrogens with one attached hydrogen (secondary N) is 2. The second-order valence-corrected chi connectivity index (χ2v) is 6.89. The number of nitrogens with zero attached hydrogens (tertiary/aromatic N) is 3. The number of anilines is 2. The molecule has 2 rings (SSSR count). The smallest absolute Gasteiger partial charge is 0.305 e. The van der Waals surface area contributed by atoms with Gasteiger partial charge in [-0.3, -0.25) is 10.2 Å². The maximum atomic E-state index is 13.4. The molecule has 2 heterocycles. The topological polar surface area (TPSA) is 138 Å². The van der Waals surface area contributed by atoms with Gasteiger partial charge in [-0.15, -0.1) is 0 Å². The highest BCUT2D eigenvalue weighted by Crippen LogP contribution is 2.25. The van der Waals surface area contributed by atoms with E-state index in [1.165, 1.54) is 6.20 Å². The summed E-state index contributed by atoms with van der Waals surface area (Å²) in [5.41, 5.74) is 5.27. The molecule has 0 aromatic carbocycles. The first-order chi connectivity index (χ1) is 12.1. The summed E-state index contributed by atoms with van der Waals surface area (Å²) in [5.74, 6) is -1.17. The van der Waals surface area contributed by atoms with Gasteiger partial charge in [0.25, 0.3) is 0 Å². The van der Waals surface area contributed by atoms with Gasteiger partial charge >= 0.3 is 5.97 Å². The van der Waals surface area contributed by atoms with Crippen LogP contribution in [0.1, 0.15) is 38.6 Å². The molecule has 5 N–H and O–H groups in total. The van der Waals surface area contributed by atoms with Crippen molar-refractivity contribution in [2.24, 2.45) is 5.41 Å². The van der Waals surface area contributed by atoms with E-state index in [-0.39, 0.29) is 34.8 Å². The van der Waals surface area contributed by atoms with Gasteiger partial charge in [0.2, 0.25) is 0 Å². The average Bonchev–Trinajstić information content (AvgIpc) is 2.55. The number of pyridine rings is 1. The first-order valence-corrected chi connectivity index (χ1v) is 7.89. The molecule has 0 aliphatic carbocycles. The third-order valence-electron chi connectivity index (χ3n) is 3.78. The van der Waals surface area contributed by atoms with E-state index in [4.69, 9.17) is 16.2 Å². The van der Waals surface area contributed by atoms with E-state index in [9.17, 15) is 9.18 Å². The Morgan fingerprint density at radius 2 is 2.12 bits per heavy atom. The molecular formula is C17H21FN6O2. The van der Waals surface area contributed by atoms with E-state index in [1.807, 2.05) is 20.8 Å². The second-order valence-electron chi connectivity index (χ2n) is 6.89. The van der Waals surface area contributed by atoms with E-state index < -0.39 is 17.8 Å². The molecule has 26 heavy (non-hydrogen) atoms. The van der Waals surface area contributed by atoms with Crippen LogP contribution in [-0.2, 0) is 4.79 Å². The molecule has 0 spiro atoms. The standard InChI is InChI=1S/C17H21FN6O2/c1-17(2,3)11(7-13(25)26)23-12-4-5-21-16(24-12)14(19)10-6-9(18)8-22-15(10)20/h4-6,8,11,19H,7H2,1-3H3,(H2,20,22)(H,25,26)(H,21,23,24)/t11-/m1/s1. The number of carbonyl (C=O) groups is 1. The number of hydrogen-bond acceptors (Lipinski definition) is 7. The molecule has 0 unspecified atom stereocenters. The molecule has 0 aliphatic rings. The molecule has 0 amide bonds. The van der Waals surface area contributed by atoms with Crippen molar-refractivity contribution in [3.8, 4) is 0 Å². The number of rotatable bonds is 6. The van der Waals surface area contributed by atoms with Crippen molar-refractivity contribution in [2.45, 2.75) is 33.2 Å². The third kappa shape index (κ3) is 4.71. The van der Waals surface area contributed by atoms with Crippen LogP contribution in [-0.4, -0.2) is 37.8 Å². The van der Waals surface area contributed by atoms with Gasteiger partial charge < -0.3 is 16.2 Å². The Morgan fingerprint density at radius 1 is 1.42 bits per heavy atom. The van der Waals surface area contributed by atoms with Gasteiger partial charge in [-0.1, -0.05) is 20.8 Å². The van der Waals surface area contributed by atoms with E-state index >= 15 is 0 Å². The van der Waals surface area contributed by atoms with Gasteiger partial charge in [0.1, 0.15) is 23.2 Å². The minimum absolute atomic E-state index is 0.00296. The Morgan fingerprint density at radius 3 is 2.73 bits per heavy atom. The third-order valence-corrected chi connectivity index (χ3v) is 3.78. The van der Waals surface area contributed by atoms with Crippen LogP contribution in [0, 0.1) is 16.6 Å². The fourth-order valence-electron chi connectivity index (χ4n) is 2.26. The molecule has 0 bridgehead atoms. The summed E-state index contributed by atoms with van der Waals surface area (Å²) in [6, 6.07) is 2.28. The molecule has 0 aliphatic heterocycles. The Labute approximate surface area is 150 Å². The zero-order valence-corrected chi connectivity index (χ0v) is 14.7. The zero-order chi connectivity index (χ0) is 19.5. The highest BCUT2D eigenvalue weighted by molar-refractivity contribution is 6.11. The molecular weight excluding hydrogens is 339 g/mol. The molecule has 0 fully saturated rings. The van der Waals surface area contributed by atoms with E-state index in [0.717, 1.165) is 12.3 Å². The normalized spacial score (nSPS) is 12.5. The number of aliphatic carboxylic acids is 1. The average molecular weight is 360 g/mol. The molecule has 2 aromatic rings. The van der Waals surface area contributed by atoms with Crippen LogP contribution in [0.3, 0.4) is 0 Å². The van der Waals surface area contributed by atoms with Gasteiger partial charge in [-0.2, -0.15) is 0 Å². The van der Waals surface area contributed by atoms with Gasteiger partial charge in [-0.05, 0) is 17.5 Å². The number of nitrogen functional groups attached to an aromatic ring is 1. The number of carboxylic acid groups (broad SMARTS) is 1.